The highest BCUT2D eigenvalue weighted by Gasteiger charge is 2.25. The molecule has 0 fully saturated rings. The molecule has 1 aliphatic rings. The molecule has 242 valence electrons. The maximum Gasteiger partial charge on any atom is 0.152 e. The minimum Gasteiger partial charge on any atom is -0.453 e. The van der Waals surface area contributed by atoms with E-state index in [4.69, 9.17) is 4.74 Å². The molecule has 1 aliphatic heterocycles. The molecule has 3 aromatic heterocycles. The number of aromatic nitrogens is 3. The van der Waals surface area contributed by atoms with E-state index in [-0.39, 0.29) is 0 Å². The topological polar surface area (TPSA) is 24.0 Å². The summed E-state index contributed by atoms with van der Waals surface area (Å²) in [6.07, 6.45) is 0. The first kappa shape index (κ1) is 27.7. The van der Waals surface area contributed by atoms with Gasteiger partial charge in [0, 0.05) is 43.7 Å². The van der Waals surface area contributed by atoms with Crippen molar-refractivity contribution in [1.29, 1.82) is 0 Å². The van der Waals surface area contributed by atoms with Gasteiger partial charge in [0.05, 0.1) is 38.8 Å². The largest absolute Gasteiger partial charge is 0.453 e. The van der Waals surface area contributed by atoms with Crippen LogP contribution in [-0.4, -0.2) is 13.7 Å². The Hall–Kier alpha value is -7.04. The molecule has 0 amide bonds. The van der Waals surface area contributed by atoms with Gasteiger partial charge >= 0.3 is 0 Å². The number of hydrogen-bond donors (Lipinski definition) is 0. The lowest BCUT2D eigenvalue weighted by atomic mass is 9.99. The molecule has 11 aromatic rings. The molecule has 0 atom stereocenters. The van der Waals surface area contributed by atoms with E-state index in [0.29, 0.717) is 0 Å². The van der Waals surface area contributed by atoms with Gasteiger partial charge in [0.2, 0.25) is 0 Å². The normalized spacial score (nSPS) is 12.4. The molecule has 4 heterocycles. The Morgan fingerprint density at radius 1 is 0.346 bits per heavy atom. The Kier molecular flexibility index (Phi) is 5.47. The van der Waals surface area contributed by atoms with Crippen LogP contribution in [0.5, 0.6) is 11.5 Å². The van der Waals surface area contributed by atoms with Crippen molar-refractivity contribution < 1.29 is 4.74 Å². The zero-order valence-electron chi connectivity index (χ0n) is 28.0. The van der Waals surface area contributed by atoms with Gasteiger partial charge in [-0.05, 0) is 83.9 Å². The number of benzene rings is 8. The molecule has 0 aliphatic carbocycles. The smallest absolute Gasteiger partial charge is 0.152 e. The molecule has 0 saturated heterocycles. The Bertz CT molecular complexity index is 3230. The molecular weight excluding hydrogens is 635 g/mol. The van der Waals surface area contributed by atoms with Gasteiger partial charge in [0.25, 0.3) is 0 Å². The zero-order chi connectivity index (χ0) is 33.9. The lowest BCUT2D eigenvalue weighted by Gasteiger charge is -2.20. The maximum absolute atomic E-state index is 6.42. The number of para-hydroxylation sites is 6. The molecule has 4 nitrogen and oxygen atoms in total. The molecular formula is C48H29N3O. The van der Waals surface area contributed by atoms with Crippen LogP contribution in [0.1, 0.15) is 0 Å². The molecule has 12 rings (SSSR count). The first-order chi connectivity index (χ1) is 25.8. The highest BCUT2D eigenvalue weighted by molar-refractivity contribution is 6.18. The summed E-state index contributed by atoms with van der Waals surface area (Å²) >= 11 is 0. The minimum atomic E-state index is 0.875. The number of fused-ring (bicyclic) bond motifs is 11. The zero-order valence-corrected chi connectivity index (χ0v) is 28.0. The van der Waals surface area contributed by atoms with Crippen molar-refractivity contribution in [3.05, 3.63) is 176 Å². The van der Waals surface area contributed by atoms with Crippen molar-refractivity contribution in [2.24, 2.45) is 0 Å². The van der Waals surface area contributed by atoms with Crippen LogP contribution in [0, 0.1) is 0 Å². The van der Waals surface area contributed by atoms with Gasteiger partial charge in [-0.2, -0.15) is 0 Å². The first-order valence-corrected chi connectivity index (χ1v) is 17.8. The lowest BCUT2D eigenvalue weighted by Crippen LogP contribution is -2.03. The molecule has 52 heavy (non-hydrogen) atoms. The Morgan fingerprint density at radius 2 is 0.904 bits per heavy atom. The second-order valence-corrected chi connectivity index (χ2v) is 13.7. The van der Waals surface area contributed by atoms with Gasteiger partial charge in [-0.1, -0.05) is 103 Å². The van der Waals surface area contributed by atoms with Crippen LogP contribution in [0.15, 0.2) is 176 Å². The van der Waals surface area contributed by atoms with Gasteiger partial charge in [-0.3, -0.25) is 0 Å². The summed E-state index contributed by atoms with van der Waals surface area (Å²) in [5, 5.41) is 7.43. The monoisotopic (exact) mass is 663 g/mol. The SMILES string of the molecule is c1cc(-c2cccc3c2c2cccc4c2n3-c2ccccc2O4)cc(-n2c3ccccc3c3cc(-n4c5ccccc5c5ccccc54)ccc32)c1. The van der Waals surface area contributed by atoms with Crippen LogP contribution in [0.4, 0.5) is 0 Å². The average molecular weight is 664 g/mol. The molecule has 0 saturated carbocycles. The summed E-state index contributed by atoms with van der Waals surface area (Å²) in [5.41, 5.74) is 12.8. The van der Waals surface area contributed by atoms with Crippen molar-refractivity contribution in [1.82, 2.24) is 13.7 Å². The number of hydrogen-bond acceptors (Lipinski definition) is 1. The quantitative estimate of drug-likeness (QED) is 0.185. The predicted octanol–water partition coefficient (Wildman–Crippen LogP) is 12.8. The summed E-state index contributed by atoms with van der Waals surface area (Å²) in [7, 11) is 0. The standard InChI is InChI=1S/C48H29N3O/c1-4-19-39-34(14-1)35-15-2-5-20-40(35)50(39)32-26-27-42-38(29-32)36-16-3-6-21-41(36)49(42)31-13-9-12-30(28-31)33-17-10-23-44-47(33)37-18-11-25-46-48(37)51(44)43-22-7-8-24-45(43)52-46/h1-29H. The van der Waals surface area contributed by atoms with Gasteiger partial charge in [-0.25, -0.2) is 0 Å². The second kappa shape index (κ2) is 10.3. The van der Waals surface area contributed by atoms with Gasteiger partial charge in [-0.15, -0.1) is 0 Å². The van der Waals surface area contributed by atoms with E-state index in [2.05, 4.69) is 177 Å². The van der Waals surface area contributed by atoms with Crippen LogP contribution >= 0.6 is 0 Å². The molecule has 0 radical (unpaired) electrons. The van der Waals surface area contributed by atoms with Crippen molar-refractivity contribution in [3.63, 3.8) is 0 Å². The van der Waals surface area contributed by atoms with Crippen LogP contribution in [0.25, 0.3) is 93.6 Å². The highest BCUT2D eigenvalue weighted by atomic mass is 16.5. The van der Waals surface area contributed by atoms with Gasteiger partial charge in [0.15, 0.2) is 11.5 Å². The number of nitrogens with zero attached hydrogens (tertiary/aromatic N) is 3. The fourth-order valence-electron chi connectivity index (χ4n) is 8.90. The van der Waals surface area contributed by atoms with E-state index in [1.54, 1.807) is 0 Å². The van der Waals surface area contributed by atoms with Crippen LogP contribution in [0.2, 0.25) is 0 Å². The predicted molar refractivity (Wildman–Crippen MR) is 215 cm³/mol. The molecule has 4 heteroatoms. The van der Waals surface area contributed by atoms with E-state index < -0.39 is 0 Å². The van der Waals surface area contributed by atoms with Crippen molar-refractivity contribution >= 4 is 65.4 Å². The Balaban J connectivity index is 1.08. The Labute approximate surface area is 298 Å². The van der Waals surface area contributed by atoms with Crippen LogP contribution in [0.3, 0.4) is 0 Å². The summed E-state index contributed by atoms with van der Waals surface area (Å²) < 4.78 is 13.6. The molecule has 8 aromatic carbocycles. The van der Waals surface area contributed by atoms with Crippen molar-refractivity contribution in [2.75, 3.05) is 0 Å². The average Bonchev–Trinajstić information content (AvgIpc) is 3.85. The fourth-order valence-corrected chi connectivity index (χ4v) is 8.90. The molecule has 0 spiro atoms. The summed E-state index contributed by atoms with van der Waals surface area (Å²) in [4.78, 5) is 0. The number of rotatable bonds is 3. The van der Waals surface area contributed by atoms with E-state index in [1.807, 2.05) is 12.1 Å². The second-order valence-electron chi connectivity index (χ2n) is 13.7. The van der Waals surface area contributed by atoms with Crippen molar-refractivity contribution in [3.8, 4) is 39.7 Å². The third kappa shape index (κ3) is 3.65. The fraction of sp³-hybridized carbons (Fsp3) is 0. The highest BCUT2D eigenvalue weighted by Crippen LogP contribution is 2.47. The molecule has 0 bridgehead atoms. The van der Waals surface area contributed by atoms with Gasteiger partial charge in [0.1, 0.15) is 0 Å². The third-order valence-electron chi connectivity index (χ3n) is 11.0. The molecule has 0 N–H and O–H groups in total. The maximum atomic E-state index is 6.42. The Morgan fingerprint density at radius 3 is 1.67 bits per heavy atom. The minimum absolute atomic E-state index is 0.875. The van der Waals surface area contributed by atoms with Crippen LogP contribution in [-0.2, 0) is 0 Å². The molecule has 0 unspecified atom stereocenters. The van der Waals surface area contributed by atoms with E-state index in [9.17, 15) is 0 Å². The number of ether oxygens (including phenoxy) is 1. The lowest BCUT2D eigenvalue weighted by molar-refractivity contribution is 0.476. The summed E-state index contributed by atoms with van der Waals surface area (Å²) in [6, 6.07) is 63.5. The van der Waals surface area contributed by atoms with E-state index in [1.165, 1.54) is 71.0 Å². The summed E-state index contributed by atoms with van der Waals surface area (Å²) in [6.45, 7) is 0. The van der Waals surface area contributed by atoms with Gasteiger partial charge < -0.3 is 18.4 Å². The van der Waals surface area contributed by atoms with Crippen molar-refractivity contribution in [2.45, 2.75) is 0 Å². The van der Waals surface area contributed by atoms with E-state index in [0.717, 1.165) is 34.1 Å². The summed E-state index contributed by atoms with van der Waals surface area (Å²) in [5.74, 6) is 1.76. The first-order valence-electron chi connectivity index (χ1n) is 17.8. The van der Waals surface area contributed by atoms with E-state index >= 15 is 0 Å². The third-order valence-corrected chi connectivity index (χ3v) is 11.0. The van der Waals surface area contributed by atoms with Crippen LogP contribution < -0.4 is 4.74 Å².